The van der Waals surface area contributed by atoms with E-state index in [1.165, 1.54) is 0 Å². The van der Waals surface area contributed by atoms with E-state index in [0.717, 1.165) is 13.2 Å². The molecule has 0 aliphatic carbocycles. The van der Waals surface area contributed by atoms with Crippen LogP contribution in [0.1, 0.15) is 0 Å². The van der Waals surface area contributed by atoms with Crippen LogP contribution in [0.15, 0.2) is 0 Å². The molecule has 2 unspecified atom stereocenters. The summed E-state index contributed by atoms with van der Waals surface area (Å²) in [7, 11) is 0. The van der Waals surface area contributed by atoms with E-state index in [1.54, 1.807) is 0 Å². The topological polar surface area (TPSA) is 134 Å². The third-order valence-electron chi connectivity index (χ3n) is 1.34. The highest BCUT2D eigenvalue weighted by molar-refractivity contribution is 5.83. The van der Waals surface area contributed by atoms with Gasteiger partial charge in [0.05, 0.1) is 13.2 Å². The maximum atomic E-state index is 9.77. The summed E-state index contributed by atoms with van der Waals surface area (Å²) in [6.45, 7) is 2.06. The summed E-state index contributed by atoms with van der Waals surface area (Å²) in [5.74, 6) is -3.54. The Labute approximate surface area is 84.7 Å². The van der Waals surface area contributed by atoms with E-state index in [0.29, 0.717) is 6.79 Å². The number of carboxylic acids is 2. The minimum absolute atomic E-state index is 0.500. The van der Waals surface area contributed by atoms with Gasteiger partial charge in [-0.05, 0) is 0 Å². The summed E-state index contributed by atoms with van der Waals surface area (Å²) in [6, 6.07) is 0. The zero-order chi connectivity index (χ0) is 11.8. The van der Waals surface area contributed by atoms with Crippen LogP contribution in [0.2, 0.25) is 0 Å². The molecule has 8 heteroatoms. The molecule has 0 amide bonds. The van der Waals surface area contributed by atoms with Crippen molar-refractivity contribution >= 4 is 11.9 Å². The molecule has 15 heavy (non-hydrogen) atoms. The second kappa shape index (κ2) is 7.12. The molecule has 0 aromatic heterocycles. The lowest BCUT2D eigenvalue weighted by Gasteiger charge is -2.07. The van der Waals surface area contributed by atoms with Gasteiger partial charge in [0.2, 0.25) is 0 Å². The summed E-state index contributed by atoms with van der Waals surface area (Å²) in [6.07, 6.45) is -4.53. The molecule has 1 saturated heterocycles. The smallest absolute Gasteiger partial charge is 0.335 e. The highest BCUT2D eigenvalue weighted by Crippen LogP contribution is 1.92. The maximum absolute atomic E-state index is 9.77. The van der Waals surface area contributed by atoms with Crippen LogP contribution in [0.4, 0.5) is 0 Å². The molecule has 1 heterocycles. The Hall–Kier alpha value is -1.22. The number of aliphatic hydroxyl groups excluding tert-OH is 2. The molecule has 2 atom stereocenters. The predicted octanol–water partition coefficient (Wildman–Crippen LogP) is -2.13. The number of carbonyl (C=O) groups is 2. The molecule has 0 radical (unpaired) electrons. The summed E-state index contributed by atoms with van der Waals surface area (Å²) >= 11 is 0. The number of carboxylic acid groups (broad SMARTS) is 2. The van der Waals surface area contributed by atoms with Crippen molar-refractivity contribution in [2.24, 2.45) is 0 Å². The first-order valence-electron chi connectivity index (χ1n) is 3.94. The van der Waals surface area contributed by atoms with E-state index in [1.807, 2.05) is 0 Å². The van der Waals surface area contributed by atoms with E-state index in [4.69, 9.17) is 29.9 Å². The third kappa shape index (κ3) is 5.96. The number of hydrogen-bond donors (Lipinski definition) is 4. The molecule has 0 bridgehead atoms. The van der Waals surface area contributed by atoms with E-state index < -0.39 is 24.1 Å². The molecule has 8 nitrogen and oxygen atoms in total. The van der Waals surface area contributed by atoms with Crippen LogP contribution >= 0.6 is 0 Å². The van der Waals surface area contributed by atoms with Crippen molar-refractivity contribution in [3.05, 3.63) is 0 Å². The van der Waals surface area contributed by atoms with Crippen LogP contribution < -0.4 is 0 Å². The SMILES string of the molecule is C1COCO1.O=C(O)C(O)C(O)C(=O)O. The Morgan fingerprint density at radius 1 is 0.933 bits per heavy atom. The molecule has 0 saturated carbocycles. The lowest BCUT2D eigenvalue weighted by atomic mass is 10.2. The fraction of sp³-hybridized carbons (Fsp3) is 0.714. The van der Waals surface area contributed by atoms with Crippen molar-refractivity contribution in [2.75, 3.05) is 20.0 Å². The van der Waals surface area contributed by atoms with E-state index in [-0.39, 0.29) is 0 Å². The lowest BCUT2D eigenvalue weighted by Crippen LogP contribution is -2.39. The van der Waals surface area contributed by atoms with Gasteiger partial charge < -0.3 is 29.9 Å². The zero-order valence-electron chi connectivity index (χ0n) is 7.70. The van der Waals surface area contributed by atoms with Crippen LogP contribution in [0.25, 0.3) is 0 Å². The van der Waals surface area contributed by atoms with Gasteiger partial charge in [0, 0.05) is 0 Å². The minimum Gasteiger partial charge on any atom is -0.479 e. The molecular formula is C7H12O8. The van der Waals surface area contributed by atoms with Crippen molar-refractivity contribution in [3.63, 3.8) is 0 Å². The number of aliphatic carboxylic acids is 2. The first kappa shape index (κ1) is 13.8. The summed E-state index contributed by atoms with van der Waals surface area (Å²) in [5.41, 5.74) is 0. The molecule has 1 aliphatic rings. The fourth-order valence-corrected chi connectivity index (χ4v) is 0.565. The standard InChI is InChI=1S/C4H6O6.C3H6O2/c5-1(3(7)8)2(6)4(9)10;1-2-5-3-4-1/h1-2,5-6H,(H,7,8)(H,9,10);1-3H2. The Morgan fingerprint density at radius 3 is 1.40 bits per heavy atom. The van der Waals surface area contributed by atoms with Crippen molar-refractivity contribution < 1.29 is 39.5 Å². The van der Waals surface area contributed by atoms with Crippen molar-refractivity contribution in [3.8, 4) is 0 Å². The van der Waals surface area contributed by atoms with Gasteiger partial charge in [-0.1, -0.05) is 0 Å². The van der Waals surface area contributed by atoms with Gasteiger partial charge in [-0.3, -0.25) is 0 Å². The van der Waals surface area contributed by atoms with Gasteiger partial charge in [-0.2, -0.15) is 0 Å². The summed E-state index contributed by atoms with van der Waals surface area (Å²) < 4.78 is 9.44. The van der Waals surface area contributed by atoms with Crippen LogP contribution in [0.5, 0.6) is 0 Å². The van der Waals surface area contributed by atoms with Crippen LogP contribution in [-0.2, 0) is 19.1 Å². The van der Waals surface area contributed by atoms with Gasteiger partial charge in [0.15, 0.2) is 12.2 Å². The molecule has 1 aliphatic heterocycles. The normalized spacial score (nSPS) is 18.5. The third-order valence-corrected chi connectivity index (χ3v) is 1.34. The second-order valence-electron chi connectivity index (χ2n) is 2.50. The van der Waals surface area contributed by atoms with Gasteiger partial charge in [0.1, 0.15) is 6.79 Å². The van der Waals surface area contributed by atoms with E-state index in [9.17, 15) is 9.59 Å². The van der Waals surface area contributed by atoms with Crippen molar-refractivity contribution in [1.29, 1.82) is 0 Å². The molecular weight excluding hydrogens is 212 g/mol. The highest BCUT2D eigenvalue weighted by Gasteiger charge is 2.29. The first-order chi connectivity index (χ1) is 6.96. The Morgan fingerprint density at radius 2 is 1.27 bits per heavy atom. The maximum Gasteiger partial charge on any atom is 0.335 e. The van der Waals surface area contributed by atoms with Gasteiger partial charge in [-0.25, -0.2) is 9.59 Å². The first-order valence-corrected chi connectivity index (χ1v) is 3.94. The average molecular weight is 224 g/mol. The van der Waals surface area contributed by atoms with Gasteiger partial charge >= 0.3 is 11.9 Å². The fourth-order valence-electron chi connectivity index (χ4n) is 0.565. The predicted molar refractivity (Wildman–Crippen MR) is 44.1 cm³/mol. The summed E-state index contributed by atoms with van der Waals surface area (Å²) in [5, 5.41) is 32.5. The quantitative estimate of drug-likeness (QED) is 0.427. The van der Waals surface area contributed by atoms with Crippen LogP contribution in [-0.4, -0.2) is 64.6 Å². The van der Waals surface area contributed by atoms with Crippen LogP contribution in [0.3, 0.4) is 0 Å². The molecule has 4 N–H and O–H groups in total. The Bertz CT molecular complexity index is 185. The minimum atomic E-state index is -2.27. The number of aliphatic hydroxyl groups is 2. The second-order valence-corrected chi connectivity index (χ2v) is 2.50. The Kier molecular flexibility index (Phi) is 6.54. The lowest BCUT2D eigenvalue weighted by molar-refractivity contribution is -0.165. The van der Waals surface area contributed by atoms with Crippen molar-refractivity contribution in [2.45, 2.75) is 12.2 Å². The van der Waals surface area contributed by atoms with Gasteiger partial charge in [0.25, 0.3) is 0 Å². The molecule has 88 valence electrons. The zero-order valence-corrected chi connectivity index (χ0v) is 7.70. The monoisotopic (exact) mass is 224 g/mol. The average Bonchev–Trinajstić information content (AvgIpc) is 2.73. The number of rotatable bonds is 3. The molecule has 0 aromatic rings. The highest BCUT2D eigenvalue weighted by atomic mass is 16.7. The summed E-state index contributed by atoms with van der Waals surface area (Å²) in [4.78, 5) is 19.5. The molecule has 1 fully saturated rings. The Balaban J connectivity index is 0.000000322. The van der Waals surface area contributed by atoms with Crippen LogP contribution in [0, 0.1) is 0 Å². The molecule has 0 aromatic carbocycles. The number of ether oxygens (including phenoxy) is 2. The number of hydrogen-bond acceptors (Lipinski definition) is 6. The molecule has 0 spiro atoms. The van der Waals surface area contributed by atoms with E-state index >= 15 is 0 Å². The van der Waals surface area contributed by atoms with E-state index in [2.05, 4.69) is 0 Å². The largest absolute Gasteiger partial charge is 0.479 e. The van der Waals surface area contributed by atoms with Crippen molar-refractivity contribution in [1.82, 2.24) is 0 Å². The van der Waals surface area contributed by atoms with Gasteiger partial charge in [-0.15, -0.1) is 0 Å². The molecule has 1 rings (SSSR count).